The summed E-state index contributed by atoms with van der Waals surface area (Å²) in [4.78, 5) is 11.2. The summed E-state index contributed by atoms with van der Waals surface area (Å²) in [6.07, 6.45) is 0. The molecule has 0 fully saturated rings. The van der Waals surface area contributed by atoms with Gasteiger partial charge < -0.3 is 5.32 Å². The van der Waals surface area contributed by atoms with Gasteiger partial charge in [0.05, 0.1) is 0 Å². The summed E-state index contributed by atoms with van der Waals surface area (Å²) in [7, 11) is 1.60. The molecule has 0 bridgehead atoms. The van der Waals surface area contributed by atoms with E-state index < -0.39 is 0 Å². The number of rotatable bonds is 1. The Bertz CT molecular complexity index is 309. The topological polar surface area (TPSA) is 29.1 Å². The van der Waals surface area contributed by atoms with Gasteiger partial charge in [-0.1, -0.05) is 17.7 Å². The van der Waals surface area contributed by atoms with E-state index >= 15 is 0 Å². The molecule has 0 aliphatic carbocycles. The molecule has 1 rings (SSSR count). The van der Waals surface area contributed by atoms with Gasteiger partial charge in [-0.25, -0.2) is 0 Å². The molecule has 12 heavy (non-hydrogen) atoms. The summed E-state index contributed by atoms with van der Waals surface area (Å²) < 4.78 is 0. The number of halogens is 1. The van der Waals surface area contributed by atoms with Gasteiger partial charge in [-0.2, -0.15) is 0 Å². The molecule has 1 N–H and O–H groups in total. The van der Waals surface area contributed by atoms with E-state index in [1.54, 1.807) is 25.2 Å². The first-order valence-electron chi connectivity index (χ1n) is 3.64. The maximum absolute atomic E-state index is 11.2. The SMILES string of the molecule is CNC(=O)c1cccc(Cl)c1C. The minimum atomic E-state index is -0.102. The second kappa shape index (κ2) is 3.59. The van der Waals surface area contributed by atoms with Crippen molar-refractivity contribution in [3.05, 3.63) is 34.3 Å². The van der Waals surface area contributed by atoms with Crippen LogP contribution in [0.3, 0.4) is 0 Å². The van der Waals surface area contributed by atoms with Crippen LogP contribution in [0.2, 0.25) is 5.02 Å². The van der Waals surface area contributed by atoms with Gasteiger partial charge in [-0.05, 0) is 24.6 Å². The summed E-state index contributed by atoms with van der Waals surface area (Å²) in [6, 6.07) is 5.28. The predicted octanol–water partition coefficient (Wildman–Crippen LogP) is 2.01. The van der Waals surface area contributed by atoms with Gasteiger partial charge in [0.2, 0.25) is 0 Å². The number of nitrogens with one attached hydrogen (secondary N) is 1. The molecule has 0 aliphatic heterocycles. The Morgan fingerprint density at radius 3 is 2.75 bits per heavy atom. The Kier molecular flexibility index (Phi) is 2.71. The minimum absolute atomic E-state index is 0.102. The standard InChI is InChI=1S/C9H10ClNO/c1-6-7(9(12)11-2)4-3-5-8(6)10/h3-5H,1-2H3,(H,11,12). The van der Waals surface area contributed by atoms with Crippen molar-refractivity contribution in [2.24, 2.45) is 0 Å². The van der Waals surface area contributed by atoms with Crippen LogP contribution in [0, 0.1) is 6.92 Å². The first kappa shape index (κ1) is 9.07. The lowest BCUT2D eigenvalue weighted by Crippen LogP contribution is -2.18. The maximum atomic E-state index is 11.2. The summed E-state index contributed by atoms with van der Waals surface area (Å²) in [5.41, 5.74) is 1.45. The van der Waals surface area contributed by atoms with Crippen LogP contribution in [-0.4, -0.2) is 13.0 Å². The minimum Gasteiger partial charge on any atom is -0.355 e. The fraction of sp³-hybridized carbons (Fsp3) is 0.222. The van der Waals surface area contributed by atoms with Gasteiger partial charge in [0.1, 0.15) is 0 Å². The number of hydrogen-bond donors (Lipinski definition) is 1. The van der Waals surface area contributed by atoms with Crippen molar-refractivity contribution in [3.63, 3.8) is 0 Å². The third-order valence-corrected chi connectivity index (χ3v) is 2.15. The van der Waals surface area contributed by atoms with Crippen LogP contribution in [0.15, 0.2) is 18.2 Å². The Hall–Kier alpha value is -1.02. The lowest BCUT2D eigenvalue weighted by molar-refractivity contribution is 0.0962. The van der Waals surface area contributed by atoms with E-state index in [9.17, 15) is 4.79 Å². The fourth-order valence-electron chi connectivity index (χ4n) is 0.988. The predicted molar refractivity (Wildman–Crippen MR) is 49.6 cm³/mol. The van der Waals surface area contributed by atoms with E-state index in [0.29, 0.717) is 10.6 Å². The van der Waals surface area contributed by atoms with Gasteiger partial charge in [0, 0.05) is 17.6 Å². The zero-order chi connectivity index (χ0) is 9.14. The van der Waals surface area contributed by atoms with Crippen molar-refractivity contribution < 1.29 is 4.79 Å². The molecule has 0 spiro atoms. The molecule has 0 saturated carbocycles. The Morgan fingerprint density at radius 2 is 2.17 bits per heavy atom. The van der Waals surface area contributed by atoms with E-state index in [4.69, 9.17) is 11.6 Å². The molecule has 1 aromatic carbocycles. The Labute approximate surface area is 76.5 Å². The van der Waals surface area contributed by atoms with Crippen LogP contribution in [0.5, 0.6) is 0 Å². The van der Waals surface area contributed by atoms with Gasteiger partial charge in [0.15, 0.2) is 0 Å². The van der Waals surface area contributed by atoms with Crippen LogP contribution in [-0.2, 0) is 0 Å². The van der Waals surface area contributed by atoms with Crippen LogP contribution in [0.1, 0.15) is 15.9 Å². The van der Waals surface area contributed by atoms with Crippen LogP contribution < -0.4 is 5.32 Å². The molecule has 0 unspecified atom stereocenters. The second-order valence-corrected chi connectivity index (χ2v) is 2.90. The lowest BCUT2D eigenvalue weighted by atomic mass is 10.1. The molecule has 0 saturated heterocycles. The lowest BCUT2D eigenvalue weighted by Gasteiger charge is -2.04. The summed E-state index contributed by atoms with van der Waals surface area (Å²) in [5.74, 6) is -0.102. The maximum Gasteiger partial charge on any atom is 0.251 e. The highest BCUT2D eigenvalue weighted by molar-refractivity contribution is 6.31. The molecule has 0 aliphatic rings. The smallest absolute Gasteiger partial charge is 0.251 e. The number of carbonyl (C=O) groups is 1. The monoisotopic (exact) mass is 183 g/mol. The van der Waals surface area contributed by atoms with Crippen molar-refractivity contribution in [1.82, 2.24) is 5.32 Å². The normalized spacial score (nSPS) is 9.58. The van der Waals surface area contributed by atoms with Crippen LogP contribution in [0.25, 0.3) is 0 Å². The summed E-state index contributed by atoms with van der Waals surface area (Å²) >= 11 is 5.83. The van der Waals surface area contributed by atoms with Crippen LogP contribution in [0.4, 0.5) is 0 Å². The van der Waals surface area contributed by atoms with E-state index in [0.717, 1.165) is 5.56 Å². The van der Waals surface area contributed by atoms with E-state index in [2.05, 4.69) is 5.32 Å². The molecule has 0 aromatic heterocycles. The van der Waals surface area contributed by atoms with E-state index in [1.807, 2.05) is 6.92 Å². The Morgan fingerprint density at radius 1 is 1.50 bits per heavy atom. The molecular weight excluding hydrogens is 174 g/mol. The molecule has 2 nitrogen and oxygen atoms in total. The quantitative estimate of drug-likeness (QED) is 0.709. The number of benzene rings is 1. The third kappa shape index (κ3) is 1.59. The molecule has 3 heteroatoms. The van der Waals surface area contributed by atoms with E-state index in [-0.39, 0.29) is 5.91 Å². The highest BCUT2D eigenvalue weighted by Gasteiger charge is 2.07. The first-order chi connectivity index (χ1) is 5.66. The van der Waals surface area contributed by atoms with Gasteiger partial charge >= 0.3 is 0 Å². The highest BCUT2D eigenvalue weighted by Crippen LogP contribution is 2.18. The summed E-state index contributed by atoms with van der Waals surface area (Å²) in [6.45, 7) is 1.83. The average molecular weight is 184 g/mol. The van der Waals surface area contributed by atoms with Crippen molar-refractivity contribution in [2.75, 3.05) is 7.05 Å². The van der Waals surface area contributed by atoms with Crippen LogP contribution >= 0.6 is 11.6 Å². The molecule has 1 amide bonds. The van der Waals surface area contributed by atoms with Crippen molar-refractivity contribution in [3.8, 4) is 0 Å². The molecule has 64 valence electrons. The van der Waals surface area contributed by atoms with Gasteiger partial charge in [0.25, 0.3) is 5.91 Å². The number of hydrogen-bond acceptors (Lipinski definition) is 1. The molecule has 0 heterocycles. The highest BCUT2D eigenvalue weighted by atomic mass is 35.5. The second-order valence-electron chi connectivity index (χ2n) is 2.49. The number of carbonyl (C=O) groups excluding carboxylic acids is 1. The molecule has 0 radical (unpaired) electrons. The Balaban J connectivity index is 3.16. The van der Waals surface area contributed by atoms with Crippen molar-refractivity contribution in [2.45, 2.75) is 6.92 Å². The zero-order valence-electron chi connectivity index (χ0n) is 7.02. The zero-order valence-corrected chi connectivity index (χ0v) is 7.77. The number of amides is 1. The fourth-order valence-corrected chi connectivity index (χ4v) is 1.16. The summed E-state index contributed by atoms with van der Waals surface area (Å²) in [5, 5.41) is 3.17. The molecular formula is C9H10ClNO. The largest absolute Gasteiger partial charge is 0.355 e. The molecule has 0 atom stereocenters. The van der Waals surface area contributed by atoms with E-state index in [1.165, 1.54) is 0 Å². The van der Waals surface area contributed by atoms with Crippen molar-refractivity contribution in [1.29, 1.82) is 0 Å². The van der Waals surface area contributed by atoms with Gasteiger partial charge in [-0.3, -0.25) is 4.79 Å². The third-order valence-electron chi connectivity index (χ3n) is 1.74. The first-order valence-corrected chi connectivity index (χ1v) is 4.02. The molecule has 1 aromatic rings. The van der Waals surface area contributed by atoms with Gasteiger partial charge in [-0.15, -0.1) is 0 Å². The van der Waals surface area contributed by atoms with Crippen molar-refractivity contribution >= 4 is 17.5 Å². The average Bonchev–Trinajstić information content (AvgIpc) is 2.08.